The molecule has 0 radical (unpaired) electrons. The number of nitriles is 1. The summed E-state index contributed by atoms with van der Waals surface area (Å²) >= 11 is 5.80. The fourth-order valence-electron chi connectivity index (χ4n) is 2.53. The van der Waals surface area contributed by atoms with Gasteiger partial charge in [0.05, 0.1) is 4.90 Å². The number of rotatable bonds is 3. The number of hydrogen-bond acceptors (Lipinski definition) is 3. The monoisotopic (exact) mass is 356 g/mol. The highest BCUT2D eigenvalue weighted by molar-refractivity contribution is 7.95. The molecular weight excluding hydrogens is 344 g/mol. The van der Waals surface area contributed by atoms with Gasteiger partial charge in [-0.3, -0.25) is 0 Å². The zero-order valence-corrected chi connectivity index (χ0v) is 14.3. The molecule has 0 aliphatic rings. The van der Waals surface area contributed by atoms with Gasteiger partial charge in [-0.15, -0.1) is 0 Å². The zero-order valence-electron chi connectivity index (χ0n) is 12.7. The molecule has 1 heterocycles. The number of fused-ring (bicyclic) bond motifs is 1. The Labute approximate surface area is 144 Å². The Kier molecular flexibility index (Phi) is 4.18. The van der Waals surface area contributed by atoms with Gasteiger partial charge < -0.3 is 4.98 Å². The molecule has 0 unspecified atom stereocenters. The first-order chi connectivity index (χ1) is 11.4. The Morgan fingerprint density at radius 3 is 2.50 bits per heavy atom. The van der Waals surface area contributed by atoms with Crippen LogP contribution in [0.25, 0.3) is 17.0 Å². The highest BCUT2D eigenvalue weighted by Crippen LogP contribution is 2.28. The molecule has 1 aromatic heterocycles. The lowest BCUT2D eigenvalue weighted by molar-refractivity contribution is 0.603. The second-order valence-corrected chi connectivity index (χ2v) is 7.64. The van der Waals surface area contributed by atoms with Crippen LogP contribution >= 0.6 is 11.6 Å². The molecule has 6 heteroatoms. The fourth-order valence-corrected chi connectivity index (χ4v) is 3.79. The molecule has 0 bridgehead atoms. The van der Waals surface area contributed by atoms with Crippen LogP contribution in [-0.4, -0.2) is 13.4 Å². The summed E-state index contributed by atoms with van der Waals surface area (Å²) < 4.78 is 25.4. The average Bonchev–Trinajstić information content (AvgIpc) is 2.88. The number of aromatic amines is 1. The molecule has 0 amide bonds. The van der Waals surface area contributed by atoms with Crippen molar-refractivity contribution in [3.63, 3.8) is 0 Å². The third kappa shape index (κ3) is 2.82. The van der Waals surface area contributed by atoms with Crippen LogP contribution in [-0.2, 0) is 9.84 Å². The van der Waals surface area contributed by atoms with E-state index in [0.717, 1.165) is 16.6 Å². The van der Waals surface area contributed by atoms with E-state index in [-0.39, 0.29) is 9.80 Å². The van der Waals surface area contributed by atoms with Gasteiger partial charge in [-0.05, 0) is 43.3 Å². The van der Waals surface area contributed by atoms with Crippen LogP contribution in [0, 0.1) is 18.3 Å². The van der Waals surface area contributed by atoms with Crippen LogP contribution in [0.1, 0.15) is 11.3 Å². The summed E-state index contributed by atoms with van der Waals surface area (Å²) in [5.74, 6) is 0. The van der Waals surface area contributed by atoms with Crippen molar-refractivity contribution in [1.29, 1.82) is 5.26 Å². The molecule has 0 atom stereocenters. The summed E-state index contributed by atoms with van der Waals surface area (Å²) in [4.78, 5) is 2.92. The zero-order chi connectivity index (χ0) is 17.3. The van der Waals surface area contributed by atoms with Gasteiger partial charge in [0.25, 0.3) is 0 Å². The number of nitrogens with one attached hydrogen (secondary N) is 1. The normalized spacial score (nSPS) is 12.3. The van der Waals surface area contributed by atoms with E-state index in [2.05, 4.69) is 4.98 Å². The van der Waals surface area contributed by atoms with Gasteiger partial charge in [0.1, 0.15) is 11.0 Å². The quantitative estimate of drug-likeness (QED) is 0.703. The molecule has 0 saturated carbocycles. The number of H-pyrrole nitrogens is 1. The number of halogens is 1. The summed E-state index contributed by atoms with van der Waals surface area (Å²) in [5.41, 5.74) is 2.39. The molecule has 4 nitrogen and oxygen atoms in total. The van der Waals surface area contributed by atoms with Crippen LogP contribution in [0.4, 0.5) is 0 Å². The number of nitrogens with zero attached hydrogens (tertiary/aromatic N) is 1. The minimum atomic E-state index is -3.90. The largest absolute Gasteiger partial charge is 0.358 e. The third-order valence-electron chi connectivity index (χ3n) is 3.74. The molecule has 0 saturated heterocycles. The van der Waals surface area contributed by atoms with Gasteiger partial charge >= 0.3 is 0 Å². The molecule has 0 spiro atoms. The van der Waals surface area contributed by atoms with Crippen molar-refractivity contribution in [2.75, 3.05) is 0 Å². The second kappa shape index (κ2) is 6.16. The molecule has 3 aromatic rings. The summed E-state index contributed by atoms with van der Waals surface area (Å²) in [6.07, 6.45) is 1.41. The smallest absolute Gasteiger partial charge is 0.216 e. The van der Waals surface area contributed by atoms with Crippen molar-refractivity contribution >= 4 is 38.4 Å². The predicted molar refractivity (Wildman–Crippen MR) is 95.3 cm³/mol. The first-order valence-corrected chi connectivity index (χ1v) is 8.99. The van der Waals surface area contributed by atoms with E-state index in [1.807, 2.05) is 37.3 Å². The summed E-state index contributed by atoms with van der Waals surface area (Å²) in [6, 6.07) is 15.1. The Bertz CT molecular complexity index is 1090. The minimum Gasteiger partial charge on any atom is -0.358 e. The highest BCUT2D eigenvalue weighted by atomic mass is 35.5. The Hall–Kier alpha value is -2.55. The molecular formula is C18H13ClN2O2S. The lowest BCUT2D eigenvalue weighted by Gasteiger charge is -2.03. The number of para-hydroxylation sites is 1. The van der Waals surface area contributed by atoms with E-state index in [1.54, 1.807) is 0 Å². The third-order valence-corrected chi connectivity index (χ3v) is 5.68. The number of benzene rings is 2. The highest BCUT2D eigenvalue weighted by Gasteiger charge is 2.21. The summed E-state index contributed by atoms with van der Waals surface area (Å²) in [6.45, 7) is 1.84. The van der Waals surface area contributed by atoms with Gasteiger partial charge in [-0.1, -0.05) is 29.8 Å². The van der Waals surface area contributed by atoms with E-state index in [0.29, 0.717) is 10.6 Å². The topological polar surface area (TPSA) is 73.7 Å². The lowest BCUT2D eigenvalue weighted by Crippen LogP contribution is -2.03. The van der Waals surface area contributed by atoms with E-state index in [9.17, 15) is 13.7 Å². The van der Waals surface area contributed by atoms with Crippen LogP contribution in [0.5, 0.6) is 0 Å². The van der Waals surface area contributed by atoms with Crippen LogP contribution in [0.2, 0.25) is 5.02 Å². The standard InChI is InChI=1S/C18H13ClN2O2S/c1-12-17(16-4-2-3-5-18(16)21-12)10-15(11-20)24(22,23)14-8-6-13(19)7-9-14/h2-10,21H,1H3/b15-10-. The predicted octanol–water partition coefficient (Wildman–Crippen LogP) is 4.47. The molecule has 24 heavy (non-hydrogen) atoms. The number of allylic oxidation sites excluding steroid dienone is 1. The maximum atomic E-state index is 12.7. The lowest BCUT2D eigenvalue weighted by atomic mass is 10.1. The van der Waals surface area contributed by atoms with E-state index in [1.165, 1.54) is 30.3 Å². The van der Waals surface area contributed by atoms with Gasteiger partial charge in [0, 0.05) is 27.2 Å². The van der Waals surface area contributed by atoms with Crippen molar-refractivity contribution in [2.45, 2.75) is 11.8 Å². The van der Waals surface area contributed by atoms with Crippen molar-refractivity contribution in [3.05, 3.63) is 69.7 Å². The van der Waals surface area contributed by atoms with Gasteiger partial charge in [-0.2, -0.15) is 5.26 Å². The first-order valence-electron chi connectivity index (χ1n) is 7.13. The van der Waals surface area contributed by atoms with Crippen LogP contribution < -0.4 is 0 Å². The molecule has 2 aromatic carbocycles. The molecule has 0 fully saturated rings. The molecule has 3 rings (SSSR count). The molecule has 1 N–H and O–H groups in total. The van der Waals surface area contributed by atoms with E-state index in [4.69, 9.17) is 11.6 Å². The Morgan fingerprint density at radius 1 is 1.17 bits per heavy atom. The van der Waals surface area contributed by atoms with Gasteiger partial charge in [-0.25, -0.2) is 8.42 Å². The fraction of sp³-hybridized carbons (Fsp3) is 0.0556. The summed E-state index contributed by atoms with van der Waals surface area (Å²) in [7, 11) is -3.90. The van der Waals surface area contributed by atoms with Crippen molar-refractivity contribution in [3.8, 4) is 6.07 Å². The maximum absolute atomic E-state index is 12.7. The SMILES string of the molecule is Cc1[nH]c2ccccc2c1/C=C(/C#N)S(=O)(=O)c1ccc(Cl)cc1. The minimum absolute atomic E-state index is 0.0391. The van der Waals surface area contributed by atoms with Crippen molar-refractivity contribution in [2.24, 2.45) is 0 Å². The Balaban J connectivity index is 2.17. The van der Waals surface area contributed by atoms with Crippen molar-refractivity contribution < 1.29 is 8.42 Å². The summed E-state index contributed by atoms with van der Waals surface area (Å²) in [5, 5.41) is 10.7. The number of aromatic nitrogens is 1. The molecule has 120 valence electrons. The van der Waals surface area contributed by atoms with Gasteiger partial charge in [0.15, 0.2) is 0 Å². The Morgan fingerprint density at radius 2 is 1.83 bits per heavy atom. The number of sulfone groups is 1. The number of hydrogen-bond donors (Lipinski definition) is 1. The molecule has 0 aliphatic heterocycles. The second-order valence-electron chi connectivity index (χ2n) is 5.29. The number of aryl methyl sites for hydroxylation is 1. The van der Waals surface area contributed by atoms with Crippen LogP contribution in [0.15, 0.2) is 58.3 Å². The molecule has 0 aliphatic carbocycles. The first kappa shape index (κ1) is 16.3. The van der Waals surface area contributed by atoms with E-state index >= 15 is 0 Å². The van der Waals surface area contributed by atoms with Crippen LogP contribution in [0.3, 0.4) is 0 Å². The van der Waals surface area contributed by atoms with E-state index < -0.39 is 9.84 Å². The average molecular weight is 357 g/mol. The van der Waals surface area contributed by atoms with Crippen molar-refractivity contribution in [1.82, 2.24) is 4.98 Å². The van der Waals surface area contributed by atoms with Gasteiger partial charge in [0.2, 0.25) is 9.84 Å². The maximum Gasteiger partial charge on any atom is 0.216 e.